The lowest BCUT2D eigenvalue weighted by Crippen LogP contribution is -2.21. The van der Waals surface area contributed by atoms with Crippen molar-refractivity contribution in [3.63, 3.8) is 0 Å². The van der Waals surface area contributed by atoms with Crippen LogP contribution in [0.4, 0.5) is 0 Å². The predicted octanol–water partition coefficient (Wildman–Crippen LogP) is 0.553. The van der Waals surface area contributed by atoms with Crippen molar-refractivity contribution in [3.8, 4) is 0 Å². The zero-order chi connectivity index (χ0) is 12.3. The third-order valence-corrected chi connectivity index (χ3v) is 2.59. The Morgan fingerprint density at radius 1 is 1.25 bits per heavy atom. The minimum atomic E-state index is -0.797. The molecule has 0 saturated heterocycles. The van der Waals surface area contributed by atoms with Crippen molar-refractivity contribution in [1.29, 1.82) is 0 Å². The van der Waals surface area contributed by atoms with Crippen LogP contribution in [-0.2, 0) is 9.47 Å². The molecule has 7 heteroatoms. The molecule has 86 valence electrons. The number of aromatic nitrogens is 1. The number of nitrogens with one attached hydrogen (secondary N) is 1. The van der Waals surface area contributed by atoms with E-state index in [4.69, 9.17) is 0 Å². The second-order valence-corrected chi connectivity index (χ2v) is 3.88. The number of halogens is 1. The highest BCUT2D eigenvalue weighted by Gasteiger charge is 2.20. The maximum Gasteiger partial charge on any atom is 0.355 e. The number of carbonyl (C=O) groups is 2. The third kappa shape index (κ3) is 2.40. The lowest BCUT2D eigenvalue weighted by Gasteiger charge is -2.05. The molecule has 0 aliphatic carbocycles. The van der Waals surface area contributed by atoms with Gasteiger partial charge >= 0.3 is 11.9 Å². The Morgan fingerprint density at radius 3 is 2.31 bits per heavy atom. The van der Waals surface area contributed by atoms with E-state index >= 15 is 0 Å². The van der Waals surface area contributed by atoms with E-state index in [0.29, 0.717) is 0 Å². The minimum Gasteiger partial charge on any atom is -0.465 e. The Hall–Kier alpha value is -1.38. The summed E-state index contributed by atoms with van der Waals surface area (Å²) in [5, 5.41) is 0. The molecule has 0 aliphatic rings. The van der Waals surface area contributed by atoms with E-state index in [1.54, 1.807) is 22.6 Å². The van der Waals surface area contributed by atoms with Gasteiger partial charge in [-0.25, -0.2) is 9.59 Å². The summed E-state index contributed by atoms with van der Waals surface area (Å²) in [6.45, 7) is 0. The number of hydrogen-bond donors (Lipinski definition) is 1. The molecule has 1 N–H and O–H groups in total. The summed E-state index contributed by atoms with van der Waals surface area (Å²) in [5.41, 5.74) is -0.702. The van der Waals surface area contributed by atoms with E-state index in [2.05, 4.69) is 14.5 Å². The summed E-state index contributed by atoms with van der Waals surface area (Å²) < 4.78 is 9.22. The second kappa shape index (κ2) is 5.10. The van der Waals surface area contributed by atoms with Crippen molar-refractivity contribution in [2.75, 3.05) is 14.2 Å². The number of methoxy groups -OCH3 is 2. The molecular formula is C9H8INO5. The molecule has 1 heterocycles. The van der Waals surface area contributed by atoms with Crippen LogP contribution < -0.4 is 5.56 Å². The molecule has 0 spiro atoms. The molecule has 6 nitrogen and oxygen atoms in total. The largest absolute Gasteiger partial charge is 0.465 e. The van der Waals surface area contributed by atoms with Gasteiger partial charge in [0.1, 0.15) is 5.69 Å². The first-order valence-corrected chi connectivity index (χ1v) is 5.18. The monoisotopic (exact) mass is 337 g/mol. The molecule has 0 bridgehead atoms. The summed E-state index contributed by atoms with van der Waals surface area (Å²) in [7, 11) is 2.33. The highest BCUT2D eigenvalue weighted by Crippen LogP contribution is 2.10. The van der Waals surface area contributed by atoms with Crippen LogP contribution in [0.2, 0.25) is 0 Å². The molecule has 0 fully saturated rings. The first kappa shape index (κ1) is 12.7. The fourth-order valence-electron chi connectivity index (χ4n) is 1.04. The number of esters is 2. The van der Waals surface area contributed by atoms with Crippen LogP contribution in [0.3, 0.4) is 0 Å². The maximum absolute atomic E-state index is 11.4. The van der Waals surface area contributed by atoms with E-state index in [1.807, 2.05) is 0 Å². The van der Waals surface area contributed by atoms with Crippen LogP contribution in [-0.4, -0.2) is 31.1 Å². The molecule has 0 saturated carbocycles. The Balaban J connectivity index is 3.45. The molecule has 0 unspecified atom stereocenters. The number of H-pyrrole nitrogens is 1. The maximum atomic E-state index is 11.4. The number of pyridine rings is 1. The number of rotatable bonds is 2. The topological polar surface area (TPSA) is 85.5 Å². The van der Waals surface area contributed by atoms with Gasteiger partial charge < -0.3 is 14.5 Å². The summed E-state index contributed by atoms with van der Waals surface area (Å²) in [5.74, 6) is -1.51. The van der Waals surface area contributed by atoms with Gasteiger partial charge in [-0.1, -0.05) is 0 Å². The summed E-state index contributed by atoms with van der Waals surface area (Å²) >= 11 is 1.75. The van der Waals surface area contributed by atoms with Crippen LogP contribution >= 0.6 is 22.6 Å². The predicted molar refractivity (Wildman–Crippen MR) is 62.5 cm³/mol. The normalized spacial score (nSPS) is 9.69. The lowest BCUT2D eigenvalue weighted by atomic mass is 10.2. The van der Waals surface area contributed by atoms with Gasteiger partial charge in [0, 0.05) is 0 Å². The van der Waals surface area contributed by atoms with E-state index in [-0.39, 0.29) is 14.8 Å². The van der Waals surface area contributed by atoms with Crippen molar-refractivity contribution < 1.29 is 19.1 Å². The average molecular weight is 337 g/mol. The summed E-state index contributed by atoms with van der Waals surface area (Å²) in [4.78, 5) is 36.3. The Labute approximate surface area is 104 Å². The molecule has 0 aliphatic heterocycles. The SMILES string of the molecule is COC(=O)c1cc(I)c(=O)[nH]c1C(=O)OC. The van der Waals surface area contributed by atoms with Crippen LogP contribution in [0.1, 0.15) is 20.8 Å². The van der Waals surface area contributed by atoms with Crippen molar-refractivity contribution in [3.05, 3.63) is 31.2 Å². The number of carbonyl (C=O) groups excluding carboxylic acids is 2. The first-order chi connectivity index (χ1) is 7.51. The number of hydrogen-bond acceptors (Lipinski definition) is 5. The van der Waals surface area contributed by atoms with Crippen LogP contribution in [0.15, 0.2) is 10.9 Å². The molecule has 1 aromatic heterocycles. The smallest absolute Gasteiger partial charge is 0.355 e. The molecular weight excluding hydrogens is 329 g/mol. The summed E-state index contributed by atoms with van der Waals surface area (Å²) in [6, 6.07) is 1.28. The highest BCUT2D eigenvalue weighted by atomic mass is 127. The minimum absolute atomic E-state index is 0.0293. The third-order valence-electron chi connectivity index (χ3n) is 1.79. The van der Waals surface area contributed by atoms with Gasteiger partial charge in [-0.05, 0) is 28.7 Å². The van der Waals surface area contributed by atoms with Gasteiger partial charge in [0.05, 0.1) is 23.4 Å². The van der Waals surface area contributed by atoms with Gasteiger partial charge in [-0.15, -0.1) is 0 Å². The molecule has 0 aromatic carbocycles. The van der Waals surface area contributed by atoms with Gasteiger partial charge in [0.25, 0.3) is 5.56 Å². The average Bonchev–Trinajstić information content (AvgIpc) is 2.30. The van der Waals surface area contributed by atoms with Crippen molar-refractivity contribution in [2.45, 2.75) is 0 Å². The summed E-state index contributed by atoms with van der Waals surface area (Å²) in [6.07, 6.45) is 0. The van der Waals surface area contributed by atoms with Gasteiger partial charge in [0.15, 0.2) is 0 Å². The molecule has 1 rings (SSSR count). The van der Waals surface area contributed by atoms with Crippen molar-refractivity contribution >= 4 is 34.5 Å². The standard InChI is InChI=1S/C9H8INO5/c1-15-8(13)4-3-5(10)7(12)11-6(4)9(14)16-2/h3H,1-2H3,(H,11,12). The molecule has 16 heavy (non-hydrogen) atoms. The van der Waals surface area contributed by atoms with Crippen LogP contribution in [0, 0.1) is 3.57 Å². The van der Waals surface area contributed by atoms with Crippen molar-refractivity contribution in [2.24, 2.45) is 0 Å². The Bertz CT molecular complexity index is 493. The molecule has 0 amide bonds. The molecule has 1 aromatic rings. The Morgan fingerprint density at radius 2 is 1.81 bits per heavy atom. The van der Waals surface area contributed by atoms with E-state index in [1.165, 1.54) is 13.2 Å². The lowest BCUT2D eigenvalue weighted by molar-refractivity contribution is 0.0549. The fraction of sp³-hybridized carbons (Fsp3) is 0.222. The molecule has 0 atom stereocenters. The fourth-order valence-corrected chi connectivity index (χ4v) is 1.49. The van der Waals surface area contributed by atoms with Crippen LogP contribution in [0.5, 0.6) is 0 Å². The van der Waals surface area contributed by atoms with Crippen molar-refractivity contribution in [1.82, 2.24) is 4.98 Å². The zero-order valence-corrected chi connectivity index (χ0v) is 10.7. The zero-order valence-electron chi connectivity index (χ0n) is 8.50. The first-order valence-electron chi connectivity index (χ1n) is 4.10. The van der Waals surface area contributed by atoms with Gasteiger partial charge in [0.2, 0.25) is 0 Å². The van der Waals surface area contributed by atoms with E-state index in [0.717, 1.165) is 7.11 Å². The van der Waals surface area contributed by atoms with Gasteiger partial charge in [-0.3, -0.25) is 4.79 Å². The highest BCUT2D eigenvalue weighted by molar-refractivity contribution is 14.1. The second-order valence-electron chi connectivity index (χ2n) is 2.72. The van der Waals surface area contributed by atoms with Gasteiger partial charge in [-0.2, -0.15) is 0 Å². The van der Waals surface area contributed by atoms with Crippen LogP contribution in [0.25, 0.3) is 0 Å². The number of aromatic amines is 1. The Kier molecular flexibility index (Phi) is 4.05. The van der Waals surface area contributed by atoms with E-state index in [9.17, 15) is 14.4 Å². The van der Waals surface area contributed by atoms with E-state index < -0.39 is 17.5 Å². The molecule has 0 radical (unpaired) electrons. The quantitative estimate of drug-likeness (QED) is 0.629. The number of ether oxygens (including phenoxy) is 2.